The smallest absolute Gasteiger partial charge is 0.342 e. The van der Waals surface area contributed by atoms with Gasteiger partial charge in [0.15, 0.2) is 5.60 Å². The number of benzene rings is 1. The van der Waals surface area contributed by atoms with Crippen LogP contribution in [0.15, 0.2) is 30.3 Å². The zero-order chi connectivity index (χ0) is 17.3. The van der Waals surface area contributed by atoms with Crippen LogP contribution < -0.4 is 0 Å². The Morgan fingerprint density at radius 1 is 1.17 bits per heavy atom. The molecule has 0 spiro atoms. The van der Waals surface area contributed by atoms with Crippen molar-refractivity contribution < 1.29 is 27.2 Å². The normalized spacial score (nSPS) is 14.2. The maximum Gasteiger partial charge on any atom is 0.342 e. The number of hydrogen-bond acceptors (Lipinski definition) is 6. The summed E-state index contributed by atoms with van der Waals surface area (Å²) in [7, 11) is -3.43. The fourth-order valence-electron chi connectivity index (χ4n) is 2.20. The lowest BCUT2D eigenvalue weighted by Gasteiger charge is -2.26. The summed E-state index contributed by atoms with van der Waals surface area (Å²) in [5.74, 6) is -0.668. The average Bonchev–Trinajstić information content (AvgIpc) is 2.50. The molecule has 1 atom stereocenters. The minimum Gasteiger partial charge on any atom is -0.464 e. The molecule has 0 aliphatic rings. The lowest BCUT2D eigenvalue weighted by Crippen LogP contribution is -2.37. The van der Waals surface area contributed by atoms with Gasteiger partial charge in [-0.2, -0.15) is 8.42 Å². The first-order valence-electron chi connectivity index (χ1n) is 7.59. The molecule has 0 aliphatic heterocycles. The van der Waals surface area contributed by atoms with E-state index in [1.165, 1.54) is 0 Å². The Balaban J connectivity index is 2.60. The summed E-state index contributed by atoms with van der Waals surface area (Å²) < 4.78 is 31.3. The van der Waals surface area contributed by atoms with Crippen LogP contribution in [-0.2, 0) is 29.4 Å². The van der Waals surface area contributed by atoms with Gasteiger partial charge in [-0.15, -0.1) is 0 Å². The summed E-state index contributed by atoms with van der Waals surface area (Å²) in [6.45, 7) is 1.98. The molecule has 23 heavy (non-hydrogen) atoms. The monoisotopic (exact) mass is 344 g/mol. The van der Waals surface area contributed by atoms with Gasteiger partial charge in [-0.1, -0.05) is 36.8 Å². The van der Waals surface area contributed by atoms with Crippen molar-refractivity contribution in [3.8, 4) is 0 Å². The summed E-state index contributed by atoms with van der Waals surface area (Å²) in [4.78, 5) is 12.1. The van der Waals surface area contributed by atoms with E-state index >= 15 is 0 Å². The van der Waals surface area contributed by atoms with Gasteiger partial charge >= 0.3 is 5.97 Å². The second-order valence-electron chi connectivity index (χ2n) is 5.28. The van der Waals surface area contributed by atoms with Crippen molar-refractivity contribution in [1.29, 1.82) is 0 Å². The van der Waals surface area contributed by atoms with Crippen LogP contribution in [0.5, 0.6) is 0 Å². The number of carbonyl (C=O) groups is 1. The van der Waals surface area contributed by atoms with Crippen LogP contribution in [0, 0.1) is 0 Å². The largest absolute Gasteiger partial charge is 0.464 e. The zero-order valence-corrected chi connectivity index (χ0v) is 14.3. The van der Waals surface area contributed by atoms with Crippen LogP contribution in [0.3, 0.4) is 0 Å². The van der Waals surface area contributed by atoms with Gasteiger partial charge < -0.3 is 9.84 Å². The van der Waals surface area contributed by atoms with E-state index < -0.39 is 21.7 Å². The summed E-state index contributed by atoms with van der Waals surface area (Å²) in [5, 5.41) is 10.8. The number of ether oxygens (including phenoxy) is 1. The number of esters is 1. The Morgan fingerprint density at radius 2 is 1.83 bits per heavy atom. The Labute approximate surface area is 137 Å². The molecule has 0 bridgehead atoms. The molecule has 0 aromatic heterocycles. The highest BCUT2D eigenvalue weighted by molar-refractivity contribution is 7.85. The van der Waals surface area contributed by atoms with Crippen molar-refractivity contribution in [3.05, 3.63) is 35.9 Å². The number of unbranched alkanes of at least 4 members (excludes halogenated alkanes) is 2. The Hall–Kier alpha value is -1.44. The van der Waals surface area contributed by atoms with Gasteiger partial charge in [-0.25, -0.2) is 4.79 Å². The lowest BCUT2D eigenvalue weighted by molar-refractivity contribution is -0.167. The summed E-state index contributed by atoms with van der Waals surface area (Å²) in [6, 6.07) is 8.67. The molecule has 1 N–H and O–H groups in total. The maximum absolute atomic E-state index is 12.1. The van der Waals surface area contributed by atoms with Crippen LogP contribution in [0.25, 0.3) is 0 Å². The first-order chi connectivity index (χ1) is 10.8. The van der Waals surface area contributed by atoms with Gasteiger partial charge in [-0.05, 0) is 31.7 Å². The highest BCUT2D eigenvalue weighted by Crippen LogP contribution is 2.29. The molecule has 0 radical (unpaired) electrons. The third-order valence-electron chi connectivity index (χ3n) is 3.34. The number of aliphatic hydroxyl groups is 1. The topological polar surface area (TPSA) is 89.9 Å². The third kappa shape index (κ3) is 6.68. The molecule has 0 fully saturated rings. The van der Waals surface area contributed by atoms with Crippen LogP contribution >= 0.6 is 0 Å². The summed E-state index contributed by atoms with van der Waals surface area (Å²) in [6.07, 6.45) is 2.90. The maximum atomic E-state index is 12.1. The quantitative estimate of drug-likeness (QED) is 0.396. The molecule has 7 heteroatoms. The van der Waals surface area contributed by atoms with Crippen molar-refractivity contribution in [2.75, 3.05) is 19.5 Å². The molecule has 0 aliphatic carbocycles. The predicted octanol–water partition coefficient (Wildman–Crippen LogP) is 1.97. The minimum atomic E-state index is -3.43. The number of rotatable bonds is 10. The van der Waals surface area contributed by atoms with Gasteiger partial charge in [0.2, 0.25) is 0 Å². The van der Waals surface area contributed by atoms with Crippen LogP contribution in [0.1, 0.15) is 38.2 Å². The molecule has 6 nitrogen and oxygen atoms in total. The van der Waals surface area contributed by atoms with Gasteiger partial charge in [0.1, 0.15) is 0 Å². The van der Waals surface area contributed by atoms with Crippen molar-refractivity contribution in [1.82, 2.24) is 0 Å². The molecule has 0 unspecified atom stereocenters. The molecule has 0 saturated carbocycles. The van der Waals surface area contributed by atoms with Crippen LogP contribution in [0.4, 0.5) is 0 Å². The van der Waals surface area contributed by atoms with Gasteiger partial charge in [0, 0.05) is 0 Å². The SMILES string of the molecule is CCOC(=O)[C@](O)(CCCCCOS(C)(=O)=O)c1ccccc1. The second-order valence-corrected chi connectivity index (χ2v) is 6.93. The Bertz CT molecular complexity index is 584. The van der Waals surface area contributed by atoms with E-state index in [1.807, 2.05) is 0 Å². The highest BCUT2D eigenvalue weighted by atomic mass is 32.2. The first-order valence-corrected chi connectivity index (χ1v) is 9.41. The van der Waals surface area contributed by atoms with Crippen LogP contribution in [-0.4, -0.2) is 39.0 Å². The zero-order valence-electron chi connectivity index (χ0n) is 13.5. The summed E-state index contributed by atoms with van der Waals surface area (Å²) in [5.41, 5.74) is -1.19. The second kappa shape index (κ2) is 9.00. The van der Waals surface area contributed by atoms with Gasteiger partial charge in [0.05, 0.1) is 19.5 Å². The summed E-state index contributed by atoms with van der Waals surface area (Å²) >= 11 is 0. The molecule has 130 valence electrons. The fourth-order valence-corrected chi connectivity index (χ4v) is 2.62. The predicted molar refractivity (Wildman–Crippen MR) is 86.2 cm³/mol. The van der Waals surface area contributed by atoms with E-state index in [1.54, 1.807) is 37.3 Å². The van der Waals surface area contributed by atoms with E-state index in [2.05, 4.69) is 4.18 Å². The average molecular weight is 344 g/mol. The lowest BCUT2D eigenvalue weighted by atomic mass is 9.88. The van der Waals surface area contributed by atoms with E-state index in [9.17, 15) is 18.3 Å². The standard InChI is InChI=1S/C16H24O6S/c1-3-21-15(17)16(18,14-10-6-4-7-11-14)12-8-5-9-13-22-23(2,19)20/h4,6-7,10-11,18H,3,5,8-9,12-13H2,1-2H3/t16-/m0/s1. The van der Waals surface area contributed by atoms with Crippen molar-refractivity contribution in [3.63, 3.8) is 0 Å². The first kappa shape index (κ1) is 19.6. The Morgan fingerprint density at radius 3 is 2.39 bits per heavy atom. The van der Waals surface area contributed by atoms with Crippen molar-refractivity contribution >= 4 is 16.1 Å². The molecule has 1 aromatic rings. The van der Waals surface area contributed by atoms with Gasteiger partial charge in [-0.3, -0.25) is 4.18 Å². The number of carbonyl (C=O) groups excluding carboxylic acids is 1. The minimum absolute atomic E-state index is 0.0992. The molecule has 0 saturated heterocycles. The number of hydrogen-bond donors (Lipinski definition) is 1. The molecule has 0 amide bonds. The van der Waals surface area contributed by atoms with E-state index in [0.29, 0.717) is 24.8 Å². The van der Waals surface area contributed by atoms with E-state index in [4.69, 9.17) is 4.74 Å². The molecule has 1 rings (SSSR count). The molecular weight excluding hydrogens is 320 g/mol. The van der Waals surface area contributed by atoms with Crippen LogP contribution in [0.2, 0.25) is 0 Å². The molecule has 1 aromatic carbocycles. The molecule has 0 heterocycles. The van der Waals surface area contributed by atoms with Crippen molar-refractivity contribution in [2.45, 2.75) is 38.2 Å². The Kier molecular flexibility index (Phi) is 7.67. The highest BCUT2D eigenvalue weighted by Gasteiger charge is 2.38. The van der Waals surface area contributed by atoms with E-state index in [-0.39, 0.29) is 19.6 Å². The fraction of sp³-hybridized carbons (Fsp3) is 0.562. The van der Waals surface area contributed by atoms with Crippen molar-refractivity contribution in [2.24, 2.45) is 0 Å². The van der Waals surface area contributed by atoms with E-state index in [0.717, 1.165) is 6.26 Å². The molecular formula is C16H24O6S. The van der Waals surface area contributed by atoms with Gasteiger partial charge in [0.25, 0.3) is 10.1 Å². The third-order valence-corrected chi connectivity index (χ3v) is 3.94.